The molecule has 54 heavy (non-hydrogen) atoms. The lowest BCUT2D eigenvalue weighted by atomic mass is 9.81. The molecule has 0 saturated carbocycles. The summed E-state index contributed by atoms with van der Waals surface area (Å²) in [6.45, 7) is 19.0. The Balaban J connectivity index is 4.28. The van der Waals surface area contributed by atoms with Gasteiger partial charge in [-0.3, -0.25) is 14.4 Å². The maximum absolute atomic E-state index is 12.7. The highest BCUT2D eigenvalue weighted by Gasteiger charge is 2.22. The first-order chi connectivity index (χ1) is 25.9. The second-order valence-corrected chi connectivity index (χ2v) is 18.7. The maximum atomic E-state index is 12.7. The molecule has 0 radical (unpaired) electrons. The summed E-state index contributed by atoms with van der Waals surface area (Å²) in [6, 6.07) is 0. The van der Waals surface area contributed by atoms with Gasteiger partial charge in [0.15, 0.2) is 0 Å². The number of Topliss-reactive ketones (excluding diaryl/α,β-unsaturated/α-hetero) is 1. The standard InChI is InChI=1S/C49H94O5/c1-9-13-17-21-27-43(28-22-18-14-10-2)35-41-53-46(51)33-39-48(5,6)37-25-31-45(50)32-26-38-49(7,8)40-34-47(52)54-42-36-44(29-23-19-15-11-3)30-24-20-16-12-4/h43-44H,9-42H2,1-8H3. The van der Waals surface area contributed by atoms with E-state index in [-0.39, 0.29) is 22.8 Å². The third-order valence-electron chi connectivity index (χ3n) is 12.1. The van der Waals surface area contributed by atoms with Gasteiger partial charge in [0.05, 0.1) is 13.2 Å². The lowest BCUT2D eigenvalue weighted by molar-refractivity contribution is -0.145. The summed E-state index contributed by atoms with van der Waals surface area (Å²) in [7, 11) is 0. The van der Waals surface area contributed by atoms with Crippen molar-refractivity contribution in [2.75, 3.05) is 13.2 Å². The Hall–Kier alpha value is -1.39. The summed E-state index contributed by atoms with van der Waals surface area (Å²) in [5.41, 5.74) is 0.0301. The summed E-state index contributed by atoms with van der Waals surface area (Å²) in [6.07, 6.45) is 35.2. The lowest BCUT2D eigenvalue weighted by Gasteiger charge is -2.25. The van der Waals surface area contributed by atoms with Crippen molar-refractivity contribution in [3.05, 3.63) is 0 Å². The van der Waals surface area contributed by atoms with E-state index in [1.165, 1.54) is 128 Å². The van der Waals surface area contributed by atoms with E-state index in [9.17, 15) is 14.4 Å². The van der Waals surface area contributed by atoms with Crippen LogP contribution in [0, 0.1) is 22.7 Å². The molecule has 0 heterocycles. The largest absolute Gasteiger partial charge is 0.466 e. The van der Waals surface area contributed by atoms with E-state index in [1.807, 2.05) is 0 Å². The van der Waals surface area contributed by atoms with Crippen molar-refractivity contribution in [3.8, 4) is 0 Å². The minimum absolute atomic E-state index is 0.0150. The van der Waals surface area contributed by atoms with E-state index < -0.39 is 0 Å². The first kappa shape index (κ1) is 52.6. The van der Waals surface area contributed by atoms with E-state index in [1.54, 1.807) is 0 Å². The summed E-state index contributed by atoms with van der Waals surface area (Å²) >= 11 is 0. The number of ketones is 1. The van der Waals surface area contributed by atoms with Crippen LogP contribution >= 0.6 is 0 Å². The van der Waals surface area contributed by atoms with Crippen LogP contribution in [0.15, 0.2) is 0 Å². The van der Waals surface area contributed by atoms with Gasteiger partial charge in [-0.15, -0.1) is 0 Å². The molecule has 320 valence electrons. The van der Waals surface area contributed by atoms with Crippen LogP contribution in [0.2, 0.25) is 0 Å². The molecule has 0 amide bonds. The zero-order valence-corrected chi connectivity index (χ0v) is 37.7. The van der Waals surface area contributed by atoms with Crippen molar-refractivity contribution in [3.63, 3.8) is 0 Å². The van der Waals surface area contributed by atoms with Crippen LogP contribution in [0.25, 0.3) is 0 Å². The quantitative estimate of drug-likeness (QED) is 0.0459. The molecule has 0 unspecified atom stereocenters. The van der Waals surface area contributed by atoms with Crippen LogP contribution in [-0.2, 0) is 23.9 Å². The maximum Gasteiger partial charge on any atom is 0.305 e. The van der Waals surface area contributed by atoms with Gasteiger partial charge in [-0.2, -0.15) is 0 Å². The number of hydrogen-bond acceptors (Lipinski definition) is 5. The second-order valence-electron chi connectivity index (χ2n) is 18.7. The Bertz CT molecular complexity index is 799. The molecule has 0 bridgehead atoms. The van der Waals surface area contributed by atoms with Gasteiger partial charge in [0, 0.05) is 25.7 Å². The minimum atomic E-state index is -0.0688. The molecular weight excluding hydrogens is 669 g/mol. The average Bonchev–Trinajstić information content (AvgIpc) is 3.13. The van der Waals surface area contributed by atoms with E-state index in [2.05, 4.69) is 55.4 Å². The van der Waals surface area contributed by atoms with E-state index >= 15 is 0 Å². The fourth-order valence-corrected chi connectivity index (χ4v) is 7.91. The molecule has 0 rings (SSSR count). The van der Waals surface area contributed by atoms with Gasteiger partial charge >= 0.3 is 11.9 Å². The van der Waals surface area contributed by atoms with Crippen molar-refractivity contribution in [2.45, 2.75) is 261 Å². The van der Waals surface area contributed by atoms with Crippen molar-refractivity contribution < 1.29 is 23.9 Å². The Kier molecular flexibility index (Phi) is 33.9. The molecule has 0 spiro atoms. The van der Waals surface area contributed by atoms with Crippen LogP contribution in [0.5, 0.6) is 0 Å². The number of ether oxygens (including phenoxy) is 2. The second kappa shape index (κ2) is 34.8. The van der Waals surface area contributed by atoms with Crippen molar-refractivity contribution in [1.82, 2.24) is 0 Å². The lowest BCUT2D eigenvalue weighted by Crippen LogP contribution is -2.17. The third-order valence-corrected chi connectivity index (χ3v) is 12.1. The van der Waals surface area contributed by atoms with E-state index in [4.69, 9.17) is 9.47 Å². The molecule has 0 aromatic heterocycles. The Morgan fingerprint density at radius 3 is 1.00 bits per heavy atom. The van der Waals surface area contributed by atoms with Gasteiger partial charge in [0.2, 0.25) is 0 Å². The van der Waals surface area contributed by atoms with Gasteiger partial charge in [-0.05, 0) is 74.0 Å². The highest BCUT2D eigenvalue weighted by molar-refractivity contribution is 5.78. The summed E-state index contributed by atoms with van der Waals surface area (Å²) in [4.78, 5) is 37.9. The molecule has 0 aliphatic rings. The normalized spacial score (nSPS) is 12.2. The molecule has 0 atom stereocenters. The molecule has 0 N–H and O–H groups in total. The summed E-state index contributed by atoms with van der Waals surface area (Å²) < 4.78 is 11.4. The van der Waals surface area contributed by atoms with E-state index in [0.29, 0.717) is 56.5 Å². The van der Waals surface area contributed by atoms with Crippen LogP contribution in [0.1, 0.15) is 261 Å². The smallest absolute Gasteiger partial charge is 0.305 e. The number of carbonyl (C=O) groups is 3. The highest BCUT2D eigenvalue weighted by Crippen LogP contribution is 2.32. The highest BCUT2D eigenvalue weighted by atomic mass is 16.5. The van der Waals surface area contributed by atoms with Gasteiger partial charge < -0.3 is 9.47 Å². The Labute approximate surface area is 337 Å². The van der Waals surface area contributed by atoms with E-state index in [0.717, 1.165) is 51.4 Å². The number of rotatable bonds is 40. The topological polar surface area (TPSA) is 69.7 Å². The molecule has 5 nitrogen and oxygen atoms in total. The third kappa shape index (κ3) is 33.9. The summed E-state index contributed by atoms with van der Waals surface area (Å²) in [5.74, 6) is 1.55. The fraction of sp³-hybridized carbons (Fsp3) is 0.939. The van der Waals surface area contributed by atoms with Crippen LogP contribution in [0.4, 0.5) is 0 Å². The zero-order chi connectivity index (χ0) is 40.3. The molecule has 0 aromatic carbocycles. The van der Waals surface area contributed by atoms with Crippen LogP contribution in [-0.4, -0.2) is 30.9 Å². The molecule has 0 saturated heterocycles. The monoisotopic (exact) mass is 763 g/mol. The van der Waals surface area contributed by atoms with Gasteiger partial charge in [-0.25, -0.2) is 0 Å². The Morgan fingerprint density at radius 2 is 0.704 bits per heavy atom. The SMILES string of the molecule is CCCCCCC(CCCCCC)CCOC(=O)CCC(C)(C)CCCC(=O)CCCC(C)(C)CCC(=O)OCCC(CCCCCC)CCCCCC. The van der Waals surface area contributed by atoms with Gasteiger partial charge in [-0.1, -0.05) is 184 Å². The number of unbranched alkanes of at least 4 members (excludes halogenated alkanes) is 12. The first-order valence-electron chi connectivity index (χ1n) is 23.7. The molecular formula is C49H94O5. The number of carbonyl (C=O) groups excluding carboxylic acids is 3. The van der Waals surface area contributed by atoms with Crippen LogP contribution in [0.3, 0.4) is 0 Å². The minimum Gasteiger partial charge on any atom is -0.466 e. The molecule has 0 aromatic rings. The van der Waals surface area contributed by atoms with Crippen molar-refractivity contribution in [2.24, 2.45) is 22.7 Å². The molecule has 0 aliphatic carbocycles. The number of esters is 2. The van der Waals surface area contributed by atoms with Crippen molar-refractivity contribution >= 4 is 17.7 Å². The number of hydrogen-bond donors (Lipinski definition) is 0. The van der Waals surface area contributed by atoms with Crippen molar-refractivity contribution in [1.29, 1.82) is 0 Å². The predicted octanol–water partition coefficient (Wildman–Crippen LogP) is 15.5. The fourth-order valence-electron chi connectivity index (χ4n) is 7.91. The van der Waals surface area contributed by atoms with Gasteiger partial charge in [0.25, 0.3) is 0 Å². The van der Waals surface area contributed by atoms with Gasteiger partial charge in [0.1, 0.15) is 5.78 Å². The molecule has 5 heteroatoms. The zero-order valence-electron chi connectivity index (χ0n) is 37.7. The van der Waals surface area contributed by atoms with Crippen LogP contribution < -0.4 is 0 Å². The molecule has 0 fully saturated rings. The Morgan fingerprint density at radius 1 is 0.389 bits per heavy atom. The summed E-state index contributed by atoms with van der Waals surface area (Å²) in [5, 5.41) is 0. The predicted molar refractivity (Wildman–Crippen MR) is 232 cm³/mol. The molecule has 0 aliphatic heterocycles. The first-order valence-corrected chi connectivity index (χ1v) is 23.7. The average molecular weight is 763 g/mol.